The number of halogens is 2. The molecule has 0 aromatic heterocycles. The Morgan fingerprint density at radius 2 is 2.17 bits per heavy atom. The van der Waals surface area contributed by atoms with Crippen LogP contribution < -0.4 is 10.5 Å². The molecule has 1 unspecified atom stereocenters. The lowest BCUT2D eigenvalue weighted by Crippen LogP contribution is -2.49. The number of carbonyl (C=O) groups is 1. The molecule has 1 aromatic carbocycles. The van der Waals surface area contributed by atoms with E-state index in [0.717, 1.165) is 12.5 Å². The number of nitrogens with zero attached hydrogens (tertiary/aromatic N) is 1. The van der Waals surface area contributed by atoms with Gasteiger partial charge in [0.15, 0.2) is 0 Å². The van der Waals surface area contributed by atoms with Crippen molar-refractivity contribution < 1.29 is 17.6 Å². The first-order valence-corrected chi connectivity index (χ1v) is 9.16. The van der Waals surface area contributed by atoms with Crippen molar-refractivity contribution in [1.82, 2.24) is 9.62 Å². The van der Waals surface area contributed by atoms with E-state index in [-0.39, 0.29) is 29.3 Å². The van der Waals surface area contributed by atoms with E-state index >= 15 is 0 Å². The first-order valence-electron chi connectivity index (χ1n) is 7.68. The minimum Gasteiger partial charge on any atom is -0.341 e. The van der Waals surface area contributed by atoms with Crippen molar-refractivity contribution in [2.75, 3.05) is 19.6 Å². The molecule has 1 heterocycles. The third-order valence-electron chi connectivity index (χ3n) is 3.80. The zero-order valence-electron chi connectivity index (χ0n) is 13.3. The van der Waals surface area contributed by atoms with Gasteiger partial charge in [-0.2, -0.15) is 0 Å². The molecule has 0 bridgehead atoms. The largest absolute Gasteiger partial charge is 0.341 e. The fourth-order valence-corrected chi connectivity index (χ4v) is 3.93. The van der Waals surface area contributed by atoms with Crippen molar-refractivity contribution >= 4 is 28.3 Å². The molecule has 6 nitrogen and oxygen atoms in total. The van der Waals surface area contributed by atoms with E-state index in [9.17, 15) is 17.6 Å². The highest BCUT2D eigenvalue weighted by molar-refractivity contribution is 7.89. The molecule has 0 aliphatic carbocycles. The lowest BCUT2D eigenvalue weighted by atomic mass is 10.1. The summed E-state index contributed by atoms with van der Waals surface area (Å²) < 4.78 is 40.4. The van der Waals surface area contributed by atoms with E-state index in [1.807, 2.05) is 0 Å². The molecule has 1 aliphatic heterocycles. The molecule has 1 atom stereocenters. The van der Waals surface area contributed by atoms with Gasteiger partial charge in [-0.3, -0.25) is 4.79 Å². The van der Waals surface area contributed by atoms with E-state index in [1.54, 1.807) is 4.90 Å². The number of piperidine rings is 1. The molecule has 1 fully saturated rings. The van der Waals surface area contributed by atoms with E-state index in [4.69, 9.17) is 5.73 Å². The maximum atomic E-state index is 13.2. The molecule has 9 heteroatoms. The SMILES string of the molecule is Cl.NCCCC(=O)N1CCCC(NS(=O)(=O)c2cccc(F)c2)C1. The molecular formula is C15H23ClFN3O3S. The van der Waals surface area contributed by atoms with Crippen LogP contribution >= 0.6 is 12.4 Å². The second kappa shape index (κ2) is 9.31. The van der Waals surface area contributed by atoms with Crippen LogP contribution in [0.5, 0.6) is 0 Å². The first-order chi connectivity index (χ1) is 10.9. The van der Waals surface area contributed by atoms with Crippen molar-refractivity contribution in [3.8, 4) is 0 Å². The van der Waals surface area contributed by atoms with E-state index in [1.165, 1.54) is 18.2 Å². The smallest absolute Gasteiger partial charge is 0.240 e. The minimum atomic E-state index is -3.80. The van der Waals surface area contributed by atoms with Crippen LogP contribution in [0.15, 0.2) is 29.2 Å². The van der Waals surface area contributed by atoms with Gasteiger partial charge in [0, 0.05) is 25.6 Å². The fourth-order valence-electron chi connectivity index (χ4n) is 2.63. The molecule has 24 heavy (non-hydrogen) atoms. The van der Waals surface area contributed by atoms with E-state index in [0.29, 0.717) is 38.9 Å². The van der Waals surface area contributed by atoms with Crippen LogP contribution in [0.4, 0.5) is 4.39 Å². The zero-order valence-corrected chi connectivity index (χ0v) is 14.9. The predicted molar refractivity (Wildman–Crippen MR) is 91.9 cm³/mol. The number of carbonyl (C=O) groups excluding carboxylic acids is 1. The Morgan fingerprint density at radius 1 is 1.42 bits per heavy atom. The molecule has 3 N–H and O–H groups in total. The molecule has 0 spiro atoms. The number of rotatable bonds is 6. The van der Waals surface area contributed by atoms with E-state index in [2.05, 4.69) is 4.72 Å². The molecule has 1 aliphatic rings. The number of hydrogen-bond acceptors (Lipinski definition) is 4. The van der Waals surface area contributed by atoms with Crippen LogP contribution in [0.1, 0.15) is 25.7 Å². The maximum absolute atomic E-state index is 13.2. The lowest BCUT2D eigenvalue weighted by Gasteiger charge is -2.33. The Hall–Kier alpha value is -1.22. The first kappa shape index (κ1) is 20.8. The molecule has 0 radical (unpaired) electrons. The summed E-state index contributed by atoms with van der Waals surface area (Å²) >= 11 is 0. The van der Waals surface area contributed by atoms with Gasteiger partial charge in [-0.15, -0.1) is 12.4 Å². The zero-order chi connectivity index (χ0) is 16.9. The summed E-state index contributed by atoms with van der Waals surface area (Å²) in [4.78, 5) is 13.6. The van der Waals surface area contributed by atoms with Gasteiger partial charge < -0.3 is 10.6 Å². The molecule has 1 amide bonds. The van der Waals surface area contributed by atoms with Crippen LogP contribution in [0.3, 0.4) is 0 Å². The van der Waals surface area contributed by atoms with Gasteiger partial charge in [-0.1, -0.05) is 6.07 Å². The van der Waals surface area contributed by atoms with Gasteiger partial charge in [0.25, 0.3) is 0 Å². The molecule has 2 rings (SSSR count). The van der Waals surface area contributed by atoms with Crippen molar-refractivity contribution in [1.29, 1.82) is 0 Å². The molecule has 1 aromatic rings. The Labute approximate surface area is 148 Å². The monoisotopic (exact) mass is 379 g/mol. The number of hydrogen-bond donors (Lipinski definition) is 2. The van der Waals surface area contributed by atoms with Crippen molar-refractivity contribution in [2.24, 2.45) is 5.73 Å². The Kier molecular flexibility index (Phi) is 8.08. The van der Waals surface area contributed by atoms with Crippen LogP contribution in [0, 0.1) is 5.82 Å². The minimum absolute atomic E-state index is 0. The number of nitrogens with one attached hydrogen (secondary N) is 1. The second-order valence-corrected chi connectivity index (χ2v) is 7.36. The molecule has 1 saturated heterocycles. The van der Waals surface area contributed by atoms with Crippen molar-refractivity contribution in [2.45, 2.75) is 36.6 Å². The summed E-state index contributed by atoms with van der Waals surface area (Å²) in [5, 5.41) is 0. The standard InChI is InChI=1S/C15H22FN3O3S.ClH/c16-12-4-1-6-14(10-12)23(21,22)18-13-5-3-9-19(11-13)15(20)7-2-8-17;/h1,4,6,10,13,18H,2-3,5,7-9,11,17H2;1H. The molecule has 0 saturated carbocycles. The summed E-state index contributed by atoms with van der Waals surface area (Å²) in [5.41, 5.74) is 5.40. The molecule has 136 valence electrons. The number of benzene rings is 1. The van der Waals surface area contributed by atoms with Gasteiger partial charge in [0.2, 0.25) is 15.9 Å². The van der Waals surface area contributed by atoms with Crippen molar-refractivity contribution in [3.05, 3.63) is 30.1 Å². The van der Waals surface area contributed by atoms with Gasteiger partial charge in [0.05, 0.1) is 4.90 Å². The fraction of sp³-hybridized carbons (Fsp3) is 0.533. The number of sulfonamides is 1. The maximum Gasteiger partial charge on any atom is 0.240 e. The highest BCUT2D eigenvalue weighted by atomic mass is 35.5. The van der Waals surface area contributed by atoms with Crippen molar-refractivity contribution in [3.63, 3.8) is 0 Å². The Morgan fingerprint density at radius 3 is 2.83 bits per heavy atom. The summed E-state index contributed by atoms with van der Waals surface area (Å²) in [6.45, 7) is 1.41. The van der Waals surface area contributed by atoms with Gasteiger partial charge >= 0.3 is 0 Å². The van der Waals surface area contributed by atoms with Gasteiger partial charge in [0.1, 0.15) is 5.82 Å². The summed E-state index contributed by atoms with van der Waals surface area (Å²) in [6.07, 6.45) is 2.37. The average molecular weight is 380 g/mol. The van der Waals surface area contributed by atoms with Crippen LogP contribution in [-0.2, 0) is 14.8 Å². The lowest BCUT2D eigenvalue weighted by molar-refractivity contribution is -0.132. The topological polar surface area (TPSA) is 92.5 Å². The van der Waals surface area contributed by atoms with Gasteiger partial charge in [-0.25, -0.2) is 17.5 Å². The summed E-state index contributed by atoms with van der Waals surface area (Å²) in [7, 11) is -3.80. The summed E-state index contributed by atoms with van der Waals surface area (Å²) in [6, 6.07) is 4.51. The Balaban J connectivity index is 0.00000288. The predicted octanol–water partition coefficient (Wildman–Crippen LogP) is 1.26. The normalized spacial score (nSPS) is 18.1. The highest BCUT2D eigenvalue weighted by Gasteiger charge is 2.27. The van der Waals surface area contributed by atoms with E-state index < -0.39 is 15.8 Å². The Bertz CT molecular complexity index is 657. The molecular weight excluding hydrogens is 357 g/mol. The van der Waals surface area contributed by atoms with Gasteiger partial charge in [-0.05, 0) is 44.0 Å². The highest BCUT2D eigenvalue weighted by Crippen LogP contribution is 2.16. The number of amides is 1. The third-order valence-corrected chi connectivity index (χ3v) is 5.32. The van der Waals surface area contributed by atoms with Crippen LogP contribution in [-0.4, -0.2) is 44.9 Å². The third kappa shape index (κ3) is 5.70. The summed E-state index contributed by atoms with van der Waals surface area (Å²) in [5.74, 6) is -0.611. The van der Waals surface area contributed by atoms with Crippen LogP contribution in [0.2, 0.25) is 0 Å². The average Bonchev–Trinajstić information content (AvgIpc) is 2.52. The second-order valence-electron chi connectivity index (χ2n) is 5.65. The quantitative estimate of drug-likeness (QED) is 0.778. The van der Waals surface area contributed by atoms with Crippen LogP contribution in [0.25, 0.3) is 0 Å². The number of nitrogens with two attached hydrogens (primary N) is 1. The number of likely N-dealkylation sites (tertiary alicyclic amines) is 1.